The Kier molecular flexibility index (Phi) is 3.85. The van der Waals surface area contributed by atoms with Crippen LogP contribution in [0, 0.1) is 12.3 Å². The second kappa shape index (κ2) is 5.56. The van der Waals surface area contributed by atoms with Gasteiger partial charge in [-0.15, -0.1) is 6.42 Å². The van der Waals surface area contributed by atoms with Gasteiger partial charge in [-0.2, -0.15) is 0 Å². The van der Waals surface area contributed by atoms with Crippen molar-refractivity contribution in [2.24, 2.45) is 0 Å². The number of anilines is 1. The second-order valence-electron chi connectivity index (χ2n) is 4.40. The van der Waals surface area contributed by atoms with Crippen molar-refractivity contribution in [1.82, 2.24) is 4.90 Å². The van der Waals surface area contributed by atoms with Crippen molar-refractivity contribution in [2.45, 2.75) is 18.9 Å². The Labute approximate surface area is 107 Å². The van der Waals surface area contributed by atoms with Crippen LogP contribution in [0.25, 0.3) is 0 Å². The number of amides is 2. The number of carbonyl (C=O) groups is 1. The van der Waals surface area contributed by atoms with Gasteiger partial charge in [0.25, 0.3) is 0 Å². The molecule has 1 heterocycles. The first-order chi connectivity index (χ1) is 8.69. The highest BCUT2D eigenvalue weighted by Crippen LogP contribution is 2.14. The van der Waals surface area contributed by atoms with Gasteiger partial charge in [0.2, 0.25) is 0 Å². The Morgan fingerprint density at radius 1 is 1.56 bits per heavy atom. The molecule has 0 saturated carbocycles. The van der Waals surface area contributed by atoms with Gasteiger partial charge in [-0.05, 0) is 31.0 Å². The average Bonchev–Trinajstić information content (AvgIpc) is 2.39. The number of β-amino-alcohol motifs (C(OH)–C–C–N with tert-alkyl or cyclic N) is 1. The molecule has 0 radical (unpaired) electrons. The van der Waals surface area contributed by atoms with Crippen molar-refractivity contribution in [3.05, 3.63) is 29.8 Å². The molecule has 1 fully saturated rings. The van der Waals surface area contributed by atoms with Crippen LogP contribution >= 0.6 is 0 Å². The molecule has 4 nitrogen and oxygen atoms in total. The first-order valence-corrected chi connectivity index (χ1v) is 5.99. The highest BCUT2D eigenvalue weighted by atomic mass is 16.3. The predicted octanol–water partition coefficient (Wildman–Crippen LogP) is 1.66. The molecule has 1 aromatic rings. The Balaban J connectivity index is 2.00. The van der Waals surface area contributed by atoms with Crippen molar-refractivity contribution in [2.75, 3.05) is 18.4 Å². The van der Waals surface area contributed by atoms with E-state index in [2.05, 4.69) is 11.2 Å². The zero-order valence-electron chi connectivity index (χ0n) is 10.1. The number of aliphatic hydroxyl groups is 1. The number of urea groups is 1. The van der Waals surface area contributed by atoms with Crippen LogP contribution in [0.3, 0.4) is 0 Å². The van der Waals surface area contributed by atoms with Crippen LogP contribution in [0.15, 0.2) is 24.3 Å². The van der Waals surface area contributed by atoms with Gasteiger partial charge in [-0.1, -0.05) is 12.0 Å². The van der Waals surface area contributed by atoms with Gasteiger partial charge in [0.1, 0.15) is 0 Å². The summed E-state index contributed by atoms with van der Waals surface area (Å²) in [6.07, 6.45) is 6.48. The number of benzene rings is 1. The zero-order valence-corrected chi connectivity index (χ0v) is 10.1. The van der Waals surface area contributed by atoms with Crippen molar-refractivity contribution in [3.63, 3.8) is 0 Å². The standard InChI is InChI=1S/C14H16N2O2/c1-2-11-5-3-6-12(9-11)15-14(18)16-8-4-7-13(17)10-16/h1,3,5-6,9,13,17H,4,7-8,10H2,(H,15,18). The molecule has 2 amide bonds. The quantitative estimate of drug-likeness (QED) is 0.738. The van der Waals surface area contributed by atoms with Gasteiger partial charge in [-0.25, -0.2) is 4.79 Å². The number of piperidine rings is 1. The van der Waals surface area contributed by atoms with Crippen LogP contribution in [0.2, 0.25) is 0 Å². The molecular formula is C14H16N2O2. The highest BCUT2D eigenvalue weighted by molar-refractivity contribution is 5.89. The van der Waals surface area contributed by atoms with E-state index in [1.54, 1.807) is 29.2 Å². The molecule has 1 aromatic carbocycles. The van der Waals surface area contributed by atoms with Gasteiger partial charge in [0, 0.05) is 24.3 Å². The van der Waals surface area contributed by atoms with Crippen molar-refractivity contribution < 1.29 is 9.90 Å². The minimum Gasteiger partial charge on any atom is -0.391 e. The Hall–Kier alpha value is -1.99. The molecule has 2 N–H and O–H groups in total. The smallest absolute Gasteiger partial charge is 0.321 e. The SMILES string of the molecule is C#Cc1cccc(NC(=O)N2CCCC(O)C2)c1. The van der Waals surface area contributed by atoms with Crippen LogP contribution in [0.1, 0.15) is 18.4 Å². The molecule has 0 spiro atoms. The molecule has 1 unspecified atom stereocenters. The molecule has 4 heteroatoms. The molecule has 0 bridgehead atoms. The molecule has 1 saturated heterocycles. The minimum atomic E-state index is -0.415. The lowest BCUT2D eigenvalue weighted by Gasteiger charge is -2.30. The fourth-order valence-electron chi connectivity index (χ4n) is 2.03. The third-order valence-corrected chi connectivity index (χ3v) is 2.96. The summed E-state index contributed by atoms with van der Waals surface area (Å²) in [7, 11) is 0. The monoisotopic (exact) mass is 244 g/mol. The number of aliphatic hydroxyl groups excluding tert-OH is 1. The number of nitrogens with zero attached hydrogens (tertiary/aromatic N) is 1. The first-order valence-electron chi connectivity index (χ1n) is 5.99. The topological polar surface area (TPSA) is 52.6 Å². The van der Waals surface area contributed by atoms with Crippen LogP contribution in [-0.2, 0) is 0 Å². The fourth-order valence-corrected chi connectivity index (χ4v) is 2.03. The lowest BCUT2D eigenvalue weighted by Crippen LogP contribution is -2.44. The number of hydrogen-bond acceptors (Lipinski definition) is 2. The maximum absolute atomic E-state index is 12.0. The Morgan fingerprint density at radius 2 is 2.39 bits per heavy atom. The normalized spacial score (nSPS) is 19.1. The first kappa shape index (κ1) is 12.5. The second-order valence-corrected chi connectivity index (χ2v) is 4.40. The summed E-state index contributed by atoms with van der Waals surface area (Å²) in [5.41, 5.74) is 1.40. The van der Waals surface area contributed by atoms with E-state index in [9.17, 15) is 9.90 Å². The molecule has 2 rings (SSSR count). The van der Waals surface area contributed by atoms with Gasteiger partial charge in [-0.3, -0.25) is 0 Å². The van der Waals surface area contributed by atoms with E-state index in [-0.39, 0.29) is 6.03 Å². The average molecular weight is 244 g/mol. The van der Waals surface area contributed by atoms with Crippen LogP contribution in [-0.4, -0.2) is 35.2 Å². The number of terminal acetylenes is 1. The third-order valence-electron chi connectivity index (χ3n) is 2.96. The van der Waals surface area contributed by atoms with Crippen LogP contribution in [0.4, 0.5) is 10.5 Å². The van der Waals surface area contributed by atoms with Crippen molar-refractivity contribution >= 4 is 11.7 Å². The van der Waals surface area contributed by atoms with Gasteiger partial charge in [0.15, 0.2) is 0 Å². The van der Waals surface area contributed by atoms with Crippen molar-refractivity contribution in [3.8, 4) is 12.3 Å². The van der Waals surface area contributed by atoms with E-state index in [1.165, 1.54) is 0 Å². The maximum atomic E-state index is 12.0. The largest absolute Gasteiger partial charge is 0.391 e. The zero-order chi connectivity index (χ0) is 13.0. The summed E-state index contributed by atoms with van der Waals surface area (Å²) >= 11 is 0. The third kappa shape index (κ3) is 3.02. The molecule has 18 heavy (non-hydrogen) atoms. The minimum absolute atomic E-state index is 0.192. The number of hydrogen-bond donors (Lipinski definition) is 2. The number of likely N-dealkylation sites (tertiary alicyclic amines) is 1. The Morgan fingerprint density at radius 3 is 3.11 bits per heavy atom. The predicted molar refractivity (Wildman–Crippen MR) is 70.2 cm³/mol. The molecule has 0 aliphatic carbocycles. The summed E-state index contributed by atoms with van der Waals surface area (Å²) in [6.45, 7) is 1.07. The molecule has 1 atom stereocenters. The van der Waals surface area contributed by atoms with Gasteiger partial charge in [0.05, 0.1) is 6.10 Å². The van der Waals surface area contributed by atoms with E-state index < -0.39 is 6.10 Å². The van der Waals surface area contributed by atoms with E-state index in [0.717, 1.165) is 18.4 Å². The van der Waals surface area contributed by atoms with E-state index in [1.807, 2.05) is 0 Å². The fraction of sp³-hybridized carbons (Fsp3) is 0.357. The summed E-state index contributed by atoms with van der Waals surface area (Å²) < 4.78 is 0. The molecule has 1 aliphatic rings. The van der Waals surface area contributed by atoms with Gasteiger partial charge < -0.3 is 15.3 Å². The van der Waals surface area contributed by atoms with Crippen LogP contribution < -0.4 is 5.32 Å². The molecule has 94 valence electrons. The molecular weight excluding hydrogens is 228 g/mol. The number of nitrogens with one attached hydrogen (secondary N) is 1. The van der Waals surface area contributed by atoms with Crippen molar-refractivity contribution in [1.29, 1.82) is 0 Å². The summed E-state index contributed by atoms with van der Waals surface area (Å²) in [5.74, 6) is 2.52. The number of carbonyl (C=O) groups excluding carboxylic acids is 1. The summed E-state index contributed by atoms with van der Waals surface area (Å²) in [4.78, 5) is 13.6. The maximum Gasteiger partial charge on any atom is 0.321 e. The van der Waals surface area contributed by atoms with Gasteiger partial charge >= 0.3 is 6.03 Å². The molecule has 0 aromatic heterocycles. The lowest BCUT2D eigenvalue weighted by atomic mass is 10.1. The molecule has 1 aliphatic heterocycles. The van der Waals surface area contributed by atoms with E-state index in [0.29, 0.717) is 18.8 Å². The van der Waals surface area contributed by atoms with E-state index in [4.69, 9.17) is 6.42 Å². The van der Waals surface area contributed by atoms with Crippen LogP contribution in [0.5, 0.6) is 0 Å². The van der Waals surface area contributed by atoms with E-state index >= 15 is 0 Å². The lowest BCUT2D eigenvalue weighted by molar-refractivity contribution is 0.0883. The highest BCUT2D eigenvalue weighted by Gasteiger charge is 2.21. The summed E-state index contributed by atoms with van der Waals surface area (Å²) in [5, 5.41) is 12.3. The number of rotatable bonds is 1. The Bertz CT molecular complexity index is 479. The summed E-state index contributed by atoms with van der Waals surface area (Å²) in [6, 6.07) is 6.95.